The van der Waals surface area contributed by atoms with E-state index in [-0.39, 0.29) is 11.8 Å². The fraction of sp³-hybridized carbons (Fsp3) is 0.360. The third kappa shape index (κ3) is 3.90. The average Bonchev–Trinajstić information content (AvgIpc) is 3.11. The second kappa shape index (κ2) is 8.84. The fourth-order valence-electron chi connectivity index (χ4n) is 4.14. The topological polar surface area (TPSA) is 65.4 Å². The molecule has 31 heavy (non-hydrogen) atoms. The molecule has 6 nitrogen and oxygen atoms in total. The van der Waals surface area contributed by atoms with Gasteiger partial charge in [0.1, 0.15) is 0 Å². The number of aromatic nitrogens is 2. The van der Waals surface area contributed by atoms with Crippen LogP contribution in [0.2, 0.25) is 0 Å². The summed E-state index contributed by atoms with van der Waals surface area (Å²) >= 11 is 0. The number of ether oxygens (including phenoxy) is 2. The van der Waals surface area contributed by atoms with Gasteiger partial charge in [0.2, 0.25) is 5.95 Å². The average molecular weight is 420 g/mol. The van der Waals surface area contributed by atoms with Crippen molar-refractivity contribution in [1.29, 1.82) is 0 Å². The number of imidazole rings is 1. The molecule has 0 aliphatic carbocycles. The molecular weight excluding hydrogens is 390 g/mol. The molecule has 1 aliphatic rings. The smallest absolute Gasteiger partial charge is 0.209 e. The molecule has 6 heteroatoms. The lowest BCUT2D eigenvalue weighted by Crippen LogP contribution is -2.27. The highest BCUT2D eigenvalue weighted by Crippen LogP contribution is 2.41. The van der Waals surface area contributed by atoms with Gasteiger partial charge in [-0.25, -0.2) is 4.98 Å². The van der Waals surface area contributed by atoms with Crippen molar-refractivity contribution in [2.24, 2.45) is 0 Å². The molecular formula is C25H29N3O3. The zero-order valence-corrected chi connectivity index (χ0v) is 18.6. The summed E-state index contributed by atoms with van der Waals surface area (Å²) in [7, 11) is 0. The molecule has 0 spiro atoms. The largest absolute Gasteiger partial charge is 0.490 e. The van der Waals surface area contributed by atoms with Crippen molar-refractivity contribution in [3.05, 3.63) is 59.3 Å². The third-order valence-electron chi connectivity index (χ3n) is 5.55. The van der Waals surface area contributed by atoms with E-state index >= 15 is 0 Å². The number of allylic oxidation sites excluding steroid dienone is 2. The van der Waals surface area contributed by atoms with Gasteiger partial charge in [-0.3, -0.25) is 9.36 Å². The van der Waals surface area contributed by atoms with Crippen LogP contribution in [0.5, 0.6) is 11.5 Å². The summed E-state index contributed by atoms with van der Waals surface area (Å²) in [5.74, 6) is 2.18. The van der Waals surface area contributed by atoms with Crippen LogP contribution in [0.4, 0.5) is 5.95 Å². The molecule has 0 saturated carbocycles. The maximum absolute atomic E-state index is 12.7. The summed E-state index contributed by atoms with van der Waals surface area (Å²) in [6.45, 7) is 8.82. The number of unbranched alkanes of at least 4 members (excludes halogenated alkanes) is 1. The van der Waals surface area contributed by atoms with Crippen LogP contribution in [-0.2, 0) is 4.79 Å². The van der Waals surface area contributed by atoms with E-state index in [1.165, 1.54) is 0 Å². The standard InChI is InChI=1S/C25H29N3O3/c1-5-7-14-31-21-13-12-18(15-22(21)30-6-2)24-23(17(4)29)16(3)26-25-27-19-10-8-9-11-20(19)28(24)25/h8-13,15,24H,5-7,14H2,1-4H3,(H,26,27)/t24-/m1/s1. The van der Waals surface area contributed by atoms with Gasteiger partial charge in [0.25, 0.3) is 0 Å². The Morgan fingerprint density at radius 3 is 2.68 bits per heavy atom. The molecule has 1 aliphatic heterocycles. The molecule has 4 rings (SSSR count). The Bertz CT molecular complexity index is 1150. The van der Waals surface area contributed by atoms with Crippen LogP contribution < -0.4 is 14.8 Å². The van der Waals surface area contributed by atoms with E-state index in [2.05, 4.69) is 16.8 Å². The number of nitrogens with one attached hydrogen (secondary N) is 1. The number of anilines is 1. The normalized spacial score (nSPS) is 15.5. The van der Waals surface area contributed by atoms with E-state index in [4.69, 9.17) is 14.5 Å². The molecule has 2 aromatic carbocycles. The molecule has 0 amide bonds. The highest BCUT2D eigenvalue weighted by molar-refractivity contribution is 5.97. The Morgan fingerprint density at radius 2 is 1.94 bits per heavy atom. The number of nitrogens with zero attached hydrogens (tertiary/aromatic N) is 2. The van der Waals surface area contributed by atoms with Gasteiger partial charge in [0.15, 0.2) is 17.3 Å². The number of carbonyl (C=O) groups excluding carboxylic acids is 1. The molecule has 0 radical (unpaired) electrons. The lowest BCUT2D eigenvalue weighted by Gasteiger charge is -2.30. The molecule has 0 bridgehead atoms. The number of benzene rings is 2. The highest BCUT2D eigenvalue weighted by Gasteiger charge is 2.33. The van der Waals surface area contributed by atoms with Gasteiger partial charge in [-0.05, 0) is 57.0 Å². The van der Waals surface area contributed by atoms with Crippen LogP contribution in [0.3, 0.4) is 0 Å². The van der Waals surface area contributed by atoms with E-state index in [1.807, 2.05) is 56.3 Å². The zero-order chi connectivity index (χ0) is 22.0. The number of rotatable bonds is 8. The van der Waals surface area contributed by atoms with Crippen LogP contribution in [0.25, 0.3) is 11.0 Å². The molecule has 0 saturated heterocycles. The van der Waals surface area contributed by atoms with E-state index in [9.17, 15) is 4.79 Å². The number of hydrogen-bond acceptors (Lipinski definition) is 5. The molecule has 2 heterocycles. The molecule has 0 fully saturated rings. The molecule has 1 N–H and O–H groups in total. The Labute approximate surface area is 182 Å². The number of para-hydroxylation sites is 2. The summed E-state index contributed by atoms with van der Waals surface area (Å²) < 4.78 is 14.0. The minimum Gasteiger partial charge on any atom is -0.490 e. The van der Waals surface area contributed by atoms with Crippen molar-refractivity contribution in [3.63, 3.8) is 0 Å². The second-order valence-electron chi connectivity index (χ2n) is 7.76. The van der Waals surface area contributed by atoms with Gasteiger partial charge >= 0.3 is 0 Å². The number of carbonyl (C=O) groups is 1. The van der Waals surface area contributed by atoms with Crippen LogP contribution in [0.1, 0.15) is 52.1 Å². The first-order valence-corrected chi connectivity index (χ1v) is 10.9. The predicted molar refractivity (Wildman–Crippen MR) is 123 cm³/mol. The van der Waals surface area contributed by atoms with Crippen LogP contribution in [-0.4, -0.2) is 28.5 Å². The fourth-order valence-corrected chi connectivity index (χ4v) is 4.14. The Hall–Kier alpha value is -3.28. The first-order valence-electron chi connectivity index (χ1n) is 10.9. The van der Waals surface area contributed by atoms with E-state index in [0.29, 0.717) is 19.0 Å². The van der Waals surface area contributed by atoms with Gasteiger partial charge in [-0.1, -0.05) is 31.5 Å². The zero-order valence-electron chi connectivity index (χ0n) is 18.6. The van der Waals surface area contributed by atoms with Gasteiger partial charge in [0, 0.05) is 11.3 Å². The molecule has 1 aromatic heterocycles. The van der Waals surface area contributed by atoms with Crippen molar-refractivity contribution in [2.75, 3.05) is 18.5 Å². The lowest BCUT2D eigenvalue weighted by molar-refractivity contribution is -0.114. The maximum atomic E-state index is 12.7. The van der Waals surface area contributed by atoms with Crippen molar-refractivity contribution < 1.29 is 14.3 Å². The van der Waals surface area contributed by atoms with Crippen molar-refractivity contribution in [3.8, 4) is 11.5 Å². The minimum absolute atomic E-state index is 0.0275. The van der Waals surface area contributed by atoms with E-state index < -0.39 is 0 Å². The quantitative estimate of drug-likeness (QED) is 0.489. The summed E-state index contributed by atoms with van der Waals surface area (Å²) in [5, 5.41) is 3.32. The number of fused-ring (bicyclic) bond motifs is 3. The molecule has 3 aromatic rings. The number of Topliss-reactive ketones (excluding diaryl/α,β-unsaturated/α-hetero) is 1. The van der Waals surface area contributed by atoms with Crippen LogP contribution >= 0.6 is 0 Å². The summed E-state index contributed by atoms with van der Waals surface area (Å²) in [5.41, 5.74) is 4.36. The van der Waals surface area contributed by atoms with Gasteiger partial charge in [-0.15, -0.1) is 0 Å². The number of hydrogen-bond donors (Lipinski definition) is 1. The monoisotopic (exact) mass is 419 g/mol. The lowest BCUT2D eigenvalue weighted by atomic mass is 9.92. The summed E-state index contributed by atoms with van der Waals surface area (Å²) in [6.07, 6.45) is 2.06. The van der Waals surface area contributed by atoms with Gasteiger partial charge in [0.05, 0.1) is 30.3 Å². The molecule has 162 valence electrons. The van der Waals surface area contributed by atoms with Gasteiger partial charge < -0.3 is 14.8 Å². The Balaban J connectivity index is 1.86. The Kier molecular flexibility index (Phi) is 5.98. The van der Waals surface area contributed by atoms with E-state index in [0.717, 1.165) is 52.4 Å². The van der Waals surface area contributed by atoms with Gasteiger partial charge in [-0.2, -0.15) is 0 Å². The SMILES string of the molecule is CCCCOc1ccc([C@@H]2C(C(C)=O)=C(C)Nc3nc4ccccc4n32)cc1OCC. The number of ketones is 1. The van der Waals surface area contributed by atoms with E-state index in [1.54, 1.807) is 6.92 Å². The molecule has 0 unspecified atom stereocenters. The second-order valence-corrected chi connectivity index (χ2v) is 7.76. The predicted octanol–water partition coefficient (Wildman–Crippen LogP) is 5.49. The van der Waals surface area contributed by atoms with Crippen LogP contribution in [0.15, 0.2) is 53.7 Å². The maximum Gasteiger partial charge on any atom is 0.209 e. The van der Waals surface area contributed by atoms with Crippen molar-refractivity contribution >= 4 is 22.8 Å². The minimum atomic E-state index is -0.301. The van der Waals surface area contributed by atoms with Crippen molar-refractivity contribution in [1.82, 2.24) is 9.55 Å². The summed E-state index contributed by atoms with van der Waals surface area (Å²) in [4.78, 5) is 17.5. The molecule has 1 atom stereocenters. The Morgan fingerprint density at radius 1 is 1.13 bits per heavy atom. The first kappa shape index (κ1) is 21.0. The summed E-state index contributed by atoms with van der Waals surface area (Å²) in [6, 6.07) is 13.6. The third-order valence-corrected chi connectivity index (χ3v) is 5.55. The van der Waals surface area contributed by atoms with Crippen molar-refractivity contribution in [2.45, 2.75) is 46.6 Å². The highest BCUT2D eigenvalue weighted by atomic mass is 16.5. The first-order chi connectivity index (χ1) is 15.0. The van der Waals surface area contributed by atoms with Crippen LogP contribution in [0, 0.1) is 0 Å².